The fourth-order valence-electron chi connectivity index (χ4n) is 2.04. The molecular formula is C13H20N2O. The van der Waals surface area contributed by atoms with E-state index in [1.165, 1.54) is 5.56 Å². The topological polar surface area (TPSA) is 38.5 Å². The van der Waals surface area contributed by atoms with E-state index >= 15 is 0 Å². The molecule has 0 atom stereocenters. The van der Waals surface area contributed by atoms with Crippen LogP contribution in [0.4, 0.5) is 5.69 Å². The van der Waals surface area contributed by atoms with Crippen molar-refractivity contribution < 1.29 is 4.74 Å². The zero-order valence-corrected chi connectivity index (χ0v) is 10.3. The quantitative estimate of drug-likeness (QED) is 0.827. The molecule has 3 heteroatoms. The van der Waals surface area contributed by atoms with Gasteiger partial charge in [-0.1, -0.05) is 6.07 Å². The minimum atomic E-state index is -0.181. The highest BCUT2D eigenvalue weighted by atomic mass is 16.5. The molecule has 0 aromatic heterocycles. The first kappa shape index (κ1) is 11.3. The fraction of sp³-hybridized carbons (Fsp3) is 0.538. The molecule has 0 radical (unpaired) electrons. The first-order valence-electron chi connectivity index (χ1n) is 5.73. The van der Waals surface area contributed by atoms with Gasteiger partial charge in [-0.2, -0.15) is 0 Å². The van der Waals surface area contributed by atoms with Crippen molar-refractivity contribution in [3.05, 3.63) is 23.8 Å². The highest BCUT2D eigenvalue weighted by Crippen LogP contribution is 2.32. The summed E-state index contributed by atoms with van der Waals surface area (Å²) in [6.07, 6.45) is 0. The van der Waals surface area contributed by atoms with Crippen molar-refractivity contribution in [2.24, 2.45) is 5.73 Å². The zero-order valence-electron chi connectivity index (χ0n) is 10.3. The van der Waals surface area contributed by atoms with Crippen molar-refractivity contribution in [3.63, 3.8) is 0 Å². The van der Waals surface area contributed by atoms with E-state index in [2.05, 4.69) is 43.9 Å². The Kier molecular flexibility index (Phi) is 2.80. The lowest BCUT2D eigenvalue weighted by atomic mass is 10.1. The molecule has 2 N–H and O–H groups in total. The summed E-state index contributed by atoms with van der Waals surface area (Å²) in [5.74, 6) is 0.982. The van der Waals surface area contributed by atoms with Gasteiger partial charge in [0.15, 0.2) is 0 Å². The van der Waals surface area contributed by atoms with Crippen LogP contribution in [-0.2, 0) is 0 Å². The van der Waals surface area contributed by atoms with Gasteiger partial charge in [-0.05, 0) is 38.5 Å². The molecule has 88 valence electrons. The molecule has 0 amide bonds. The van der Waals surface area contributed by atoms with Crippen LogP contribution in [0.25, 0.3) is 0 Å². The lowest BCUT2D eigenvalue weighted by Crippen LogP contribution is -2.47. The Morgan fingerprint density at radius 2 is 2.19 bits per heavy atom. The van der Waals surface area contributed by atoms with E-state index in [0.29, 0.717) is 0 Å². The van der Waals surface area contributed by atoms with Gasteiger partial charge in [-0.15, -0.1) is 0 Å². The SMILES string of the molecule is Cc1ccc2c(c1)OCCN2CC(C)(C)N. The summed E-state index contributed by atoms with van der Waals surface area (Å²) in [6, 6.07) is 6.32. The minimum Gasteiger partial charge on any atom is -0.490 e. The zero-order chi connectivity index (χ0) is 11.8. The van der Waals surface area contributed by atoms with Crippen LogP contribution < -0.4 is 15.4 Å². The molecule has 0 fully saturated rings. The van der Waals surface area contributed by atoms with Crippen molar-refractivity contribution >= 4 is 5.69 Å². The van der Waals surface area contributed by atoms with Gasteiger partial charge in [0.2, 0.25) is 0 Å². The lowest BCUT2D eigenvalue weighted by molar-refractivity contribution is 0.302. The summed E-state index contributed by atoms with van der Waals surface area (Å²) in [7, 11) is 0. The van der Waals surface area contributed by atoms with Gasteiger partial charge in [0.1, 0.15) is 12.4 Å². The molecule has 0 bridgehead atoms. The molecule has 1 aromatic rings. The van der Waals surface area contributed by atoms with Gasteiger partial charge in [0, 0.05) is 12.1 Å². The highest BCUT2D eigenvalue weighted by molar-refractivity contribution is 5.61. The normalized spacial score (nSPS) is 15.6. The Labute approximate surface area is 97.2 Å². The summed E-state index contributed by atoms with van der Waals surface area (Å²) in [5.41, 5.74) is 8.28. The predicted molar refractivity (Wildman–Crippen MR) is 67.2 cm³/mol. The Balaban J connectivity index is 2.26. The molecule has 0 spiro atoms. The van der Waals surface area contributed by atoms with Crippen molar-refractivity contribution in [1.29, 1.82) is 0 Å². The van der Waals surface area contributed by atoms with E-state index in [0.717, 1.165) is 31.1 Å². The average molecular weight is 220 g/mol. The smallest absolute Gasteiger partial charge is 0.142 e. The number of aryl methyl sites for hydroxylation is 1. The highest BCUT2D eigenvalue weighted by Gasteiger charge is 2.22. The number of hydrogen-bond acceptors (Lipinski definition) is 3. The van der Waals surface area contributed by atoms with E-state index < -0.39 is 0 Å². The summed E-state index contributed by atoms with van der Waals surface area (Å²) < 4.78 is 5.67. The molecule has 0 saturated carbocycles. The van der Waals surface area contributed by atoms with E-state index in [4.69, 9.17) is 10.5 Å². The van der Waals surface area contributed by atoms with E-state index in [1.54, 1.807) is 0 Å². The third kappa shape index (κ3) is 2.47. The van der Waals surface area contributed by atoms with Crippen molar-refractivity contribution in [2.75, 3.05) is 24.6 Å². The van der Waals surface area contributed by atoms with Crippen LogP contribution >= 0.6 is 0 Å². The van der Waals surface area contributed by atoms with Crippen LogP contribution in [0.15, 0.2) is 18.2 Å². The number of rotatable bonds is 2. The maximum atomic E-state index is 6.07. The molecule has 0 unspecified atom stereocenters. The first-order chi connectivity index (χ1) is 7.46. The predicted octanol–water partition coefficient (Wildman–Crippen LogP) is 1.93. The van der Waals surface area contributed by atoms with Crippen LogP contribution in [0.5, 0.6) is 5.75 Å². The molecule has 1 aromatic carbocycles. The Bertz CT molecular complexity index is 382. The number of fused-ring (bicyclic) bond motifs is 1. The molecule has 0 aliphatic carbocycles. The standard InChI is InChI=1S/C13H20N2O/c1-10-4-5-11-12(8-10)16-7-6-15(11)9-13(2,3)14/h4-5,8H,6-7,9,14H2,1-3H3. The van der Waals surface area contributed by atoms with Gasteiger partial charge < -0.3 is 15.4 Å². The summed E-state index contributed by atoms with van der Waals surface area (Å²) in [6.45, 7) is 8.69. The average Bonchev–Trinajstić information content (AvgIpc) is 2.15. The van der Waals surface area contributed by atoms with Crippen LogP contribution in [0.3, 0.4) is 0 Å². The third-order valence-electron chi connectivity index (χ3n) is 2.67. The Morgan fingerprint density at radius 1 is 1.44 bits per heavy atom. The number of hydrogen-bond donors (Lipinski definition) is 1. The number of nitrogens with zero attached hydrogens (tertiary/aromatic N) is 1. The van der Waals surface area contributed by atoms with Crippen molar-refractivity contribution in [2.45, 2.75) is 26.3 Å². The third-order valence-corrected chi connectivity index (χ3v) is 2.67. The summed E-state index contributed by atoms with van der Waals surface area (Å²) >= 11 is 0. The number of nitrogens with two attached hydrogens (primary N) is 1. The molecular weight excluding hydrogens is 200 g/mol. The summed E-state index contributed by atoms with van der Waals surface area (Å²) in [4.78, 5) is 2.30. The van der Waals surface area contributed by atoms with Gasteiger partial charge in [-0.3, -0.25) is 0 Å². The van der Waals surface area contributed by atoms with E-state index in [9.17, 15) is 0 Å². The maximum absolute atomic E-state index is 6.07. The Hall–Kier alpha value is -1.22. The van der Waals surface area contributed by atoms with Crippen LogP contribution in [0.1, 0.15) is 19.4 Å². The molecule has 2 rings (SSSR count). The number of benzene rings is 1. The first-order valence-corrected chi connectivity index (χ1v) is 5.73. The van der Waals surface area contributed by atoms with Gasteiger partial charge in [-0.25, -0.2) is 0 Å². The number of anilines is 1. The molecule has 16 heavy (non-hydrogen) atoms. The molecule has 3 nitrogen and oxygen atoms in total. The second-order valence-corrected chi connectivity index (χ2v) is 5.23. The van der Waals surface area contributed by atoms with Gasteiger partial charge in [0.25, 0.3) is 0 Å². The van der Waals surface area contributed by atoms with Crippen LogP contribution in [-0.4, -0.2) is 25.2 Å². The largest absolute Gasteiger partial charge is 0.490 e. The molecule has 1 aliphatic rings. The van der Waals surface area contributed by atoms with Gasteiger partial charge >= 0.3 is 0 Å². The number of ether oxygens (including phenoxy) is 1. The minimum absolute atomic E-state index is 0.181. The van der Waals surface area contributed by atoms with Crippen LogP contribution in [0.2, 0.25) is 0 Å². The lowest BCUT2D eigenvalue weighted by Gasteiger charge is -2.35. The molecule has 1 aliphatic heterocycles. The Morgan fingerprint density at radius 3 is 2.88 bits per heavy atom. The monoisotopic (exact) mass is 220 g/mol. The fourth-order valence-corrected chi connectivity index (χ4v) is 2.04. The van der Waals surface area contributed by atoms with Crippen LogP contribution in [0, 0.1) is 6.92 Å². The molecule has 1 heterocycles. The van der Waals surface area contributed by atoms with Crippen molar-refractivity contribution in [1.82, 2.24) is 0 Å². The van der Waals surface area contributed by atoms with E-state index in [1.807, 2.05) is 0 Å². The maximum Gasteiger partial charge on any atom is 0.142 e. The molecule has 0 saturated heterocycles. The van der Waals surface area contributed by atoms with Gasteiger partial charge in [0.05, 0.1) is 12.2 Å². The van der Waals surface area contributed by atoms with Crippen molar-refractivity contribution in [3.8, 4) is 5.75 Å². The second kappa shape index (κ2) is 3.98. The van der Waals surface area contributed by atoms with E-state index in [-0.39, 0.29) is 5.54 Å². The second-order valence-electron chi connectivity index (χ2n) is 5.23. The summed E-state index contributed by atoms with van der Waals surface area (Å²) in [5, 5.41) is 0.